The number of fused-ring (bicyclic) bond motifs is 2. The minimum atomic E-state index is 0.0298. The highest BCUT2D eigenvalue weighted by Crippen LogP contribution is 2.43. The number of carbonyl (C=O) groups is 2. The molecule has 126 valence electrons. The topological polar surface area (TPSA) is 70.6 Å². The molecule has 24 heavy (non-hydrogen) atoms. The van der Waals surface area contributed by atoms with E-state index in [2.05, 4.69) is 35.8 Å². The highest BCUT2D eigenvalue weighted by atomic mass is 16.2. The number of benzene rings is 1. The average Bonchev–Trinajstić information content (AvgIpc) is 2.54. The summed E-state index contributed by atoms with van der Waals surface area (Å²) in [5.41, 5.74) is 6.87. The van der Waals surface area contributed by atoms with Crippen LogP contribution in [0.3, 0.4) is 0 Å². The van der Waals surface area contributed by atoms with E-state index in [1.807, 2.05) is 12.1 Å². The van der Waals surface area contributed by atoms with Crippen LogP contribution in [-0.2, 0) is 9.59 Å². The van der Waals surface area contributed by atoms with Crippen LogP contribution in [0.4, 0.5) is 5.69 Å². The first-order valence-electron chi connectivity index (χ1n) is 8.96. The molecule has 0 radical (unpaired) electrons. The number of hydrogen-bond acceptors (Lipinski definition) is 3. The third-order valence-electron chi connectivity index (χ3n) is 5.96. The maximum absolute atomic E-state index is 12.3. The van der Waals surface area contributed by atoms with Crippen molar-refractivity contribution < 1.29 is 9.59 Å². The molecular weight excluding hydrogens is 302 g/mol. The summed E-state index contributed by atoms with van der Waals surface area (Å²) >= 11 is 0. The molecular formula is C19H23N3O2. The fourth-order valence-corrected chi connectivity index (χ4v) is 4.44. The Balaban J connectivity index is 1.73. The average molecular weight is 325 g/mol. The van der Waals surface area contributed by atoms with Gasteiger partial charge in [-0.1, -0.05) is 19.9 Å². The first kappa shape index (κ1) is 15.4. The van der Waals surface area contributed by atoms with Crippen LogP contribution in [0.25, 0.3) is 0 Å². The van der Waals surface area contributed by atoms with E-state index < -0.39 is 0 Å². The van der Waals surface area contributed by atoms with Crippen molar-refractivity contribution in [1.29, 1.82) is 0 Å². The van der Waals surface area contributed by atoms with Gasteiger partial charge >= 0.3 is 0 Å². The van der Waals surface area contributed by atoms with Gasteiger partial charge in [-0.25, -0.2) is 5.43 Å². The fourth-order valence-electron chi connectivity index (χ4n) is 4.44. The van der Waals surface area contributed by atoms with E-state index in [1.54, 1.807) is 0 Å². The molecule has 4 rings (SSSR count). The van der Waals surface area contributed by atoms with E-state index >= 15 is 0 Å². The van der Waals surface area contributed by atoms with Crippen LogP contribution in [0.1, 0.15) is 56.6 Å². The normalized spacial score (nSPS) is 31.2. The number of anilines is 1. The van der Waals surface area contributed by atoms with Crippen molar-refractivity contribution in [1.82, 2.24) is 5.43 Å². The Hall–Kier alpha value is -2.17. The van der Waals surface area contributed by atoms with Crippen molar-refractivity contribution in [3.63, 3.8) is 0 Å². The molecule has 1 aliphatic carbocycles. The van der Waals surface area contributed by atoms with Gasteiger partial charge in [-0.3, -0.25) is 9.59 Å². The van der Waals surface area contributed by atoms with Crippen LogP contribution < -0.4 is 10.7 Å². The first-order chi connectivity index (χ1) is 11.6. The molecule has 1 aromatic rings. The van der Waals surface area contributed by atoms with Gasteiger partial charge in [0, 0.05) is 23.4 Å². The number of hydrazone groups is 1. The Labute approximate surface area is 141 Å². The number of amides is 2. The van der Waals surface area contributed by atoms with Gasteiger partial charge in [0.15, 0.2) is 0 Å². The quantitative estimate of drug-likeness (QED) is 0.897. The van der Waals surface area contributed by atoms with Crippen LogP contribution in [0, 0.1) is 17.8 Å². The Morgan fingerprint density at radius 2 is 1.79 bits per heavy atom. The molecule has 2 aliphatic heterocycles. The smallest absolute Gasteiger partial charge is 0.243 e. The largest absolute Gasteiger partial charge is 0.326 e. The van der Waals surface area contributed by atoms with E-state index in [4.69, 9.17) is 0 Å². The third-order valence-corrected chi connectivity index (χ3v) is 5.96. The van der Waals surface area contributed by atoms with Crippen molar-refractivity contribution in [2.24, 2.45) is 22.9 Å². The predicted octanol–water partition coefficient (Wildman–Crippen LogP) is 3.02. The lowest BCUT2D eigenvalue weighted by molar-refractivity contribution is -0.129. The van der Waals surface area contributed by atoms with Gasteiger partial charge in [-0.15, -0.1) is 0 Å². The van der Waals surface area contributed by atoms with Gasteiger partial charge in [-0.2, -0.15) is 5.10 Å². The second-order valence-corrected chi connectivity index (χ2v) is 7.08. The molecule has 1 aromatic carbocycles. The lowest BCUT2D eigenvalue weighted by atomic mass is 9.68. The minimum absolute atomic E-state index is 0.0298. The summed E-state index contributed by atoms with van der Waals surface area (Å²) in [5, 5.41) is 7.39. The summed E-state index contributed by atoms with van der Waals surface area (Å²) in [7, 11) is 0. The van der Waals surface area contributed by atoms with E-state index in [0.29, 0.717) is 0 Å². The number of nitrogens with zero attached hydrogens (tertiary/aromatic N) is 1. The highest BCUT2D eigenvalue weighted by molar-refractivity contribution is 6.08. The molecule has 2 N–H and O–H groups in total. The summed E-state index contributed by atoms with van der Waals surface area (Å²) < 4.78 is 0. The zero-order valence-corrected chi connectivity index (χ0v) is 14.1. The molecule has 3 aliphatic rings. The van der Waals surface area contributed by atoms with E-state index in [1.165, 1.54) is 5.56 Å². The molecule has 1 saturated carbocycles. The maximum atomic E-state index is 12.3. The Kier molecular flexibility index (Phi) is 3.66. The van der Waals surface area contributed by atoms with Crippen LogP contribution in [-0.4, -0.2) is 17.5 Å². The Morgan fingerprint density at radius 1 is 1.04 bits per heavy atom. The van der Waals surface area contributed by atoms with Crippen LogP contribution in [0.5, 0.6) is 0 Å². The molecule has 2 heterocycles. The summed E-state index contributed by atoms with van der Waals surface area (Å²) in [6.07, 6.45) is 3.76. The van der Waals surface area contributed by atoms with E-state index in [9.17, 15) is 9.59 Å². The Morgan fingerprint density at radius 3 is 2.46 bits per heavy atom. The lowest BCUT2D eigenvalue weighted by Crippen LogP contribution is -2.48. The third kappa shape index (κ3) is 2.18. The molecule has 4 atom stereocenters. The van der Waals surface area contributed by atoms with Gasteiger partial charge in [0.05, 0.1) is 5.71 Å². The van der Waals surface area contributed by atoms with E-state index in [0.717, 1.165) is 42.6 Å². The predicted molar refractivity (Wildman–Crippen MR) is 92.8 cm³/mol. The molecule has 0 spiro atoms. The standard InChI is InChI=1S/C19H23N3O2/c1-3-11-12(4-2)18(23)20-16-8-5-10(9-15(11)16)17-13-6-7-14(13)19(24)22-21-17/h5,8-9,11-14H,3-4,6-7H2,1-2H3,(H,20,23)(H,22,24). The van der Waals surface area contributed by atoms with Crippen molar-refractivity contribution in [3.8, 4) is 0 Å². The molecule has 0 saturated heterocycles. The molecule has 2 amide bonds. The van der Waals surface area contributed by atoms with Gasteiger partial charge in [-0.05, 0) is 54.9 Å². The second kappa shape index (κ2) is 5.72. The molecule has 5 heteroatoms. The fraction of sp³-hybridized carbons (Fsp3) is 0.526. The zero-order chi connectivity index (χ0) is 16.8. The SMILES string of the molecule is CCC1C(=O)Nc2ccc(C3=NNC(=O)C4CCC34)cc2C1CC. The summed E-state index contributed by atoms with van der Waals surface area (Å²) in [6, 6.07) is 6.19. The molecule has 5 nitrogen and oxygen atoms in total. The van der Waals surface area contributed by atoms with Crippen molar-refractivity contribution in [2.75, 3.05) is 5.32 Å². The monoisotopic (exact) mass is 325 g/mol. The molecule has 0 bridgehead atoms. The first-order valence-corrected chi connectivity index (χ1v) is 8.96. The number of hydrogen-bond donors (Lipinski definition) is 2. The zero-order valence-electron chi connectivity index (χ0n) is 14.1. The Bertz CT molecular complexity index is 740. The van der Waals surface area contributed by atoms with Crippen LogP contribution in [0.15, 0.2) is 23.3 Å². The number of carbonyl (C=O) groups excluding carboxylic acids is 2. The van der Waals surface area contributed by atoms with Crippen LogP contribution >= 0.6 is 0 Å². The van der Waals surface area contributed by atoms with Crippen molar-refractivity contribution in [2.45, 2.75) is 45.4 Å². The van der Waals surface area contributed by atoms with Gasteiger partial charge < -0.3 is 5.32 Å². The summed E-state index contributed by atoms with van der Waals surface area (Å²) in [4.78, 5) is 24.1. The lowest BCUT2D eigenvalue weighted by Gasteiger charge is -2.39. The maximum Gasteiger partial charge on any atom is 0.243 e. The van der Waals surface area contributed by atoms with Crippen molar-refractivity contribution >= 4 is 23.2 Å². The molecule has 4 unspecified atom stereocenters. The van der Waals surface area contributed by atoms with Crippen LogP contribution in [0.2, 0.25) is 0 Å². The van der Waals surface area contributed by atoms with E-state index in [-0.39, 0.29) is 35.5 Å². The summed E-state index contributed by atoms with van der Waals surface area (Å²) in [6.45, 7) is 4.21. The van der Waals surface area contributed by atoms with Crippen molar-refractivity contribution in [3.05, 3.63) is 29.3 Å². The number of nitrogens with one attached hydrogen (secondary N) is 2. The summed E-state index contributed by atoms with van der Waals surface area (Å²) in [5.74, 6) is 0.788. The number of rotatable bonds is 3. The van der Waals surface area contributed by atoms with Gasteiger partial charge in [0.25, 0.3) is 0 Å². The minimum Gasteiger partial charge on any atom is -0.326 e. The molecule has 1 fully saturated rings. The van der Waals surface area contributed by atoms with Gasteiger partial charge in [0.1, 0.15) is 0 Å². The highest BCUT2D eigenvalue weighted by Gasteiger charge is 2.43. The molecule has 0 aromatic heterocycles. The second-order valence-electron chi connectivity index (χ2n) is 7.08. The van der Waals surface area contributed by atoms with Gasteiger partial charge in [0.2, 0.25) is 11.8 Å².